The predicted molar refractivity (Wildman–Crippen MR) is 72.5 cm³/mol. The summed E-state index contributed by atoms with van der Waals surface area (Å²) in [6, 6.07) is 0. The Kier molecular flexibility index (Phi) is 2.54. The van der Waals surface area contributed by atoms with Crippen molar-refractivity contribution in [2.24, 2.45) is 17.8 Å². The van der Waals surface area contributed by atoms with Crippen LogP contribution in [0.4, 0.5) is 0 Å². The van der Waals surface area contributed by atoms with Crippen LogP contribution in [0.1, 0.15) is 51.4 Å². The lowest BCUT2D eigenvalue weighted by Crippen LogP contribution is -2.32. The van der Waals surface area contributed by atoms with E-state index in [-0.39, 0.29) is 0 Å². The van der Waals surface area contributed by atoms with Gasteiger partial charge >= 0.3 is 0 Å². The van der Waals surface area contributed by atoms with Gasteiger partial charge in [0.25, 0.3) is 0 Å². The highest BCUT2D eigenvalue weighted by molar-refractivity contribution is 5.93. The number of fused-ring (bicyclic) bond motifs is 4. The number of hydrogen-bond acceptors (Lipinski definition) is 2. The van der Waals surface area contributed by atoms with E-state index in [1.807, 2.05) is 6.08 Å². The Balaban J connectivity index is 1.73. The topological polar surface area (TPSA) is 34.1 Å². The molecule has 2 heteroatoms. The highest BCUT2D eigenvalue weighted by atomic mass is 16.1. The van der Waals surface area contributed by atoms with Crippen molar-refractivity contribution in [3.63, 3.8) is 0 Å². The summed E-state index contributed by atoms with van der Waals surface area (Å²) >= 11 is 0. The number of ketones is 2. The van der Waals surface area contributed by atoms with Crippen LogP contribution in [0, 0.1) is 17.8 Å². The molecule has 19 heavy (non-hydrogen) atoms. The lowest BCUT2D eigenvalue weighted by atomic mass is 9.63. The zero-order valence-electron chi connectivity index (χ0n) is 11.3. The smallest absolute Gasteiger partial charge is 0.156 e. The van der Waals surface area contributed by atoms with Crippen LogP contribution in [0.15, 0.2) is 22.8 Å². The molecular formula is C17H20O2. The van der Waals surface area contributed by atoms with E-state index >= 15 is 0 Å². The number of rotatable bonds is 0. The molecule has 0 spiro atoms. The van der Waals surface area contributed by atoms with E-state index in [9.17, 15) is 9.59 Å². The molecule has 0 aliphatic heterocycles. The normalized spacial score (nSPS) is 37.7. The molecular weight excluding hydrogens is 236 g/mol. The number of hydrogen-bond donors (Lipinski definition) is 0. The molecule has 4 rings (SSSR count). The zero-order chi connectivity index (χ0) is 13.0. The monoisotopic (exact) mass is 256 g/mol. The third-order valence-electron chi connectivity index (χ3n) is 5.80. The minimum Gasteiger partial charge on any atom is -0.299 e. The SMILES string of the molecule is O=C1C=C2CC[C@@H]3C(=C2CC1)CC[C@@H]1C(=O)CC[C@H]13. The zero-order valence-corrected chi connectivity index (χ0v) is 11.3. The van der Waals surface area contributed by atoms with Gasteiger partial charge in [-0.1, -0.05) is 5.57 Å². The van der Waals surface area contributed by atoms with Gasteiger partial charge in [-0.25, -0.2) is 0 Å². The molecule has 100 valence electrons. The van der Waals surface area contributed by atoms with Gasteiger partial charge in [0.2, 0.25) is 0 Å². The molecule has 0 saturated heterocycles. The summed E-state index contributed by atoms with van der Waals surface area (Å²) < 4.78 is 0. The Hall–Kier alpha value is -1.18. The summed E-state index contributed by atoms with van der Waals surface area (Å²) in [6.07, 6.45) is 9.90. The van der Waals surface area contributed by atoms with Crippen LogP contribution in [0.25, 0.3) is 0 Å². The maximum Gasteiger partial charge on any atom is 0.156 e. The van der Waals surface area contributed by atoms with Gasteiger partial charge in [-0.2, -0.15) is 0 Å². The van der Waals surface area contributed by atoms with Gasteiger partial charge in [0.1, 0.15) is 5.78 Å². The third kappa shape index (κ3) is 1.69. The number of Topliss-reactive ketones (excluding diaryl/α,β-unsaturated/α-hetero) is 1. The lowest BCUT2D eigenvalue weighted by Gasteiger charge is -2.41. The van der Waals surface area contributed by atoms with Gasteiger partial charge < -0.3 is 0 Å². The fourth-order valence-corrected chi connectivity index (χ4v) is 4.97. The van der Waals surface area contributed by atoms with Crippen molar-refractivity contribution in [3.8, 4) is 0 Å². The average Bonchev–Trinajstić information content (AvgIpc) is 2.80. The Bertz CT molecular complexity index is 523. The highest BCUT2D eigenvalue weighted by Gasteiger charge is 2.45. The molecule has 0 aromatic rings. The van der Waals surface area contributed by atoms with Crippen molar-refractivity contribution in [1.82, 2.24) is 0 Å². The summed E-state index contributed by atoms with van der Waals surface area (Å²) in [4.78, 5) is 23.5. The Labute approximate surface area is 113 Å². The largest absolute Gasteiger partial charge is 0.299 e. The summed E-state index contributed by atoms with van der Waals surface area (Å²) in [7, 11) is 0. The molecule has 0 heterocycles. The molecule has 4 aliphatic carbocycles. The number of allylic oxidation sites excluding steroid dienone is 4. The maximum absolute atomic E-state index is 11.9. The molecule has 2 nitrogen and oxygen atoms in total. The molecule has 0 amide bonds. The predicted octanol–water partition coefficient (Wildman–Crippen LogP) is 3.37. The number of carbonyl (C=O) groups excluding carboxylic acids is 2. The third-order valence-corrected chi connectivity index (χ3v) is 5.80. The first-order valence-electron chi connectivity index (χ1n) is 7.72. The Morgan fingerprint density at radius 1 is 0.842 bits per heavy atom. The number of carbonyl (C=O) groups is 2. The molecule has 0 aromatic carbocycles. The second-order valence-electron chi connectivity index (χ2n) is 6.60. The second-order valence-corrected chi connectivity index (χ2v) is 6.60. The van der Waals surface area contributed by atoms with Gasteiger partial charge in [-0.15, -0.1) is 0 Å². The van der Waals surface area contributed by atoms with Crippen molar-refractivity contribution >= 4 is 11.6 Å². The van der Waals surface area contributed by atoms with E-state index in [0.717, 1.165) is 38.5 Å². The molecule has 2 fully saturated rings. The van der Waals surface area contributed by atoms with Crippen LogP contribution < -0.4 is 0 Å². The molecule has 0 N–H and O–H groups in total. The van der Waals surface area contributed by atoms with Crippen LogP contribution in [-0.2, 0) is 9.59 Å². The summed E-state index contributed by atoms with van der Waals surface area (Å²) in [5.41, 5.74) is 4.46. The first-order chi connectivity index (χ1) is 9.24. The van der Waals surface area contributed by atoms with Crippen LogP contribution in [0.5, 0.6) is 0 Å². The molecule has 0 radical (unpaired) electrons. The van der Waals surface area contributed by atoms with E-state index < -0.39 is 0 Å². The van der Waals surface area contributed by atoms with Crippen molar-refractivity contribution in [1.29, 1.82) is 0 Å². The maximum atomic E-state index is 11.9. The standard InChI is InChI=1S/C17H20O2/c18-11-2-4-12-10(9-11)1-3-14-13(12)5-6-16-15(14)7-8-17(16)19/h9,14-16H,1-8H2/t14-,15+,16+/m1/s1. The van der Waals surface area contributed by atoms with Crippen molar-refractivity contribution in [2.45, 2.75) is 51.4 Å². The Morgan fingerprint density at radius 3 is 2.58 bits per heavy atom. The van der Waals surface area contributed by atoms with Crippen LogP contribution in [0.2, 0.25) is 0 Å². The lowest BCUT2D eigenvalue weighted by molar-refractivity contribution is -0.122. The molecule has 3 atom stereocenters. The van der Waals surface area contributed by atoms with Gasteiger partial charge in [-0.3, -0.25) is 9.59 Å². The summed E-state index contributed by atoms with van der Waals surface area (Å²) in [6.45, 7) is 0. The van der Waals surface area contributed by atoms with Gasteiger partial charge in [-0.05, 0) is 67.6 Å². The minimum absolute atomic E-state index is 0.308. The molecule has 2 saturated carbocycles. The van der Waals surface area contributed by atoms with E-state index in [1.165, 1.54) is 17.6 Å². The van der Waals surface area contributed by atoms with E-state index in [0.29, 0.717) is 35.7 Å². The minimum atomic E-state index is 0.308. The van der Waals surface area contributed by atoms with E-state index in [4.69, 9.17) is 0 Å². The average molecular weight is 256 g/mol. The second kappa shape index (κ2) is 4.16. The van der Waals surface area contributed by atoms with Gasteiger partial charge in [0.15, 0.2) is 5.78 Å². The summed E-state index contributed by atoms with van der Waals surface area (Å²) in [5, 5.41) is 0. The van der Waals surface area contributed by atoms with Crippen molar-refractivity contribution in [2.75, 3.05) is 0 Å². The van der Waals surface area contributed by atoms with Crippen molar-refractivity contribution in [3.05, 3.63) is 22.8 Å². The van der Waals surface area contributed by atoms with Crippen LogP contribution >= 0.6 is 0 Å². The highest BCUT2D eigenvalue weighted by Crippen LogP contribution is 2.53. The van der Waals surface area contributed by atoms with Gasteiger partial charge in [0, 0.05) is 18.8 Å². The molecule has 0 unspecified atom stereocenters. The first-order valence-corrected chi connectivity index (χ1v) is 7.72. The first kappa shape index (κ1) is 11.6. The quantitative estimate of drug-likeness (QED) is 0.666. The van der Waals surface area contributed by atoms with Crippen molar-refractivity contribution < 1.29 is 9.59 Å². The van der Waals surface area contributed by atoms with E-state index in [2.05, 4.69) is 0 Å². The van der Waals surface area contributed by atoms with Crippen LogP contribution in [-0.4, -0.2) is 11.6 Å². The Morgan fingerprint density at radius 2 is 1.68 bits per heavy atom. The molecule has 0 aromatic heterocycles. The molecule has 4 aliphatic rings. The fraction of sp³-hybridized carbons (Fsp3) is 0.647. The van der Waals surface area contributed by atoms with Gasteiger partial charge in [0.05, 0.1) is 0 Å². The molecule has 0 bridgehead atoms. The van der Waals surface area contributed by atoms with Crippen LogP contribution in [0.3, 0.4) is 0 Å². The fourth-order valence-electron chi connectivity index (χ4n) is 4.97. The summed E-state index contributed by atoms with van der Waals surface area (Å²) in [5.74, 6) is 2.48. The van der Waals surface area contributed by atoms with E-state index in [1.54, 1.807) is 5.57 Å².